The van der Waals surface area contributed by atoms with Gasteiger partial charge >= 0.3 is 5.97 Å². The lowest BCUT2D eigenvalue weighted by Crippen LogP contribution is -3.09. The van der Waals surface area contributed by atoms with Crippen LogP contribution in [0, 0.1) is 6.92 Å². The Hall–Kier alpha value is -2.66. The minimum atomic E-state index is -0.262. The van der Waals surface area contributed by atoms with Gasteiger partial charge in [0.05, 0.1) is 29.9 Å². The van der Waals surface area contributed by atoms with Crippen molar-refractivity contribution in [3.8, 4) is 0 Å². The highest BCUT2D eigenvalue weighted by Crippen LogP contribution is 2.25. The van der Waals surface area contributed by atoms with E-state index in [4.69, 9.17) is 9.72 Å². The number of hydrogen-bond acceptors (Lipinski definition) is 3. The van der Waals surface area contributed by atoms with E-state index in [-0.39, 0.29) is 5.97 Å². The summed E-state index contributed by atoms with van der Waals surface area (Å²) in [6.07, 6.45) is 4.45. The number of fused-ring (bicyclic) bond motifs is 1. The van der Waals surface area contributed by atoms with Crippen molar-refractivity contribution in [2.75, 3.05) is 13.2 Å². The van der Waals surface area contributed by atoms with Crippen molar-refractivity contribution in [1.29, 1.82) is 0 Å². The Morgan fingerprint density at radius 3 is 2.86 bits per heavy atom. The normalized spacial score (nSPS) is 19.2. The second-order valence-electron chi connectivity index (χ2n) is 7.62. The monoisotopic (exact) mass is 378 g/mol. The fourth-order valence-electron chi connectivity index (χ4n) is 4.57. The standard InChI is InChI=1S/C23H27N3O2/c1-4-28-23(27)22-16(2)17-9-5-6-10-18(17)24-19(22)15-26-14-8-12-21(26)20-11-7-13-25(20)3/h5-7,9-11,13,21H,4,8,12,14-15H2,1-3H3/p+1/t21-/m0/s1. The molecule has 2 atom stereocenters. The van der Waals surface area contributed by atoms with E-state index < -0.39 is 0 Å². The maximum atomic E-state index is 12.8. The molecule has 2 aromatic heterocycles. The molecule has 1 aliphatic heterocycles. The SMILES string of the molecule is CCOC(=O)c1c(C[NH+]2CCC[C@H]2c2cccn2C)nc2ccccc2c1C. The number of esters is 1. The lowest BCUT2D eigenvalue weighted by atomic mass is 10.0. The molecule has 3 heterocycles. The number of aryl methyl sites for hydroxylation is 2. The lowest BCUT2D eigenvalue weighted by Gasteiger charge is -2.23. The minimum absolute atomic E-state index is 0.262. The lowest BCUT2D eigenvalue weighted by molar-refractivity contribution is -0.932. The second kappa shape index (κ2) is 7.76. The molecule has 5 nitrogen and oxygen atoms in total. The van der Waals surface area contributed by atoms with Gasteiger partial charge in [-0.2, -0.15) is 0 Å². The molecule has 1 aliphatic rings. The smallest absolute Gasteiger partial charge is 0.340 e. The molecule has 0 saturated carbocycles. The average molecular weight is 378 g/mol. The molecule has 28 heavy (non-hydrogen) atoms. The summed E-state index contributed by atoms with van der Waals surface area (Å²) >= 11 is 0. The molecule has 4 rings (SSSR count). The van der Waals surface area contributed by atoms with Crippen LogP contribution in [0.2, 0.25) is 0 Å². The number of nitrogens with zero attached hydrogens (tertiary/aromatic N) is 2. The summed E-state index contributed by atoms with van der Waals surface area (Å²) in [6, 6.07) is 12.8. The zero-order valence-corrected chi connectivity index (χ0v) is 16.9. The second-order valence-corrected chi connectivity index (χ2v) is 7.62. The quantitative estimate of drug-likeness (QED) is 0.695. The molecule has 3 aromatic rings. The number of para-hydroxylation sites is 1. The average Bonchev–Trinajstić information content (AvgIpc) is 3.30. The molecule has 1 unspecified atom stereocenters. The van der Waals surface area contributed by atoms with Crippen molar-refractivity contribution in [3.05, 3.63) is 65.1 Å². The summed E-state index contributed by atoms with van der Waals surface area (Å²) in [7, 11) is 2.10. The van der Waals surface area contributed by atoms with Gasteiger partial charge in [0.1, 0.15) is 18.3 Å². The van der Waals surface area contributed by atoms with Gasteiger partial charge in [0.2, 0.25) is 0 Å². The molecular weight excluding hydrogens is 350 g/mol. The van der Waals surface area contributed by atoms with Gasteiger partial charge in [0.15, 0.2) is 0 Å². The molecule has 1 saturated heterocycles. The van der Waals surface area contributed by atoms with E-state index in [9.17, 15) is 4.79 Å². The summed E-state index contributed by atoms with van der Waals surface area (Å²) < 4.78 is 7.60. The molecule has 0 amide bonds. The van der Waals surface area contributed by atoms with Crippen LogP contribution in [0.3, 0.4) is 0 Å². The van der Waals surface area contributed by atoms with Crippen LogP contribution in [0.4, 0.5) is 0 Å². The zero-order valence-electron chi connectivity index (χ0n) is 16.9. The van der Waals surface area contributed by atoms with E-state index in [0.29, 0.717) is 18.2 Å². The van der Waals surface area contributed by atoms with Crippen molar-refractivity contribution in [1.82, 2.24) is 9.55 Å². The first-order valence-electron chi connectivity index (χ1n) is 10.1. The molecule has 0 radical (unpaired) electrons. The van der Waals surface area contributed by atoms with Crippen LogP contribution in [0.1, 0.15) is 53.1 Å². The van der Waals surface area contributed by atoms with Crippen molar-refractivity contribution >= 4 is 16.9 Å². The Morgan fingerprint density at radius 2 is 2.11 bits per heavy atom. The van der Waals surface area contributed by atoms with Crippen LogP contribution < -0.4 is 4.90 Å². The largest absolute Gasteiger partial charge is 0.462 e. The van der Waals surface area contributed by atoms with Gasteiger partial charge < -0.3 is 14.2 Å². The summed E-state index contributed by atoms with van der Waals surface area (Å²) in [6.45, 7) is 6.04. The number of aromatic nitrogens is 2. The van der Waals surface area contributed by atoms with Gasteiger partial charge in [-0.05, 0) is 37.6 Å². The maximum absolute atomic E-state index is 12.8. The third kappa shape index (κ3) is 3.31. The predicted molar refractivity (Wildman–Crippen MR) is 109 cm³/mol. The number of hydrogen-bond donors (Lipinski definition) is 1. The van der Waals surface area contributed by atoms with Gasteiger partial charge in [-0.25, -0.2) is 9.78 Å². The van der Waals surface area contributed by atoms with Crippen LogP contribution in [0.15, 0.2) is 42.6 Å². The maximum Gasteiger partial charge on any atom is 0.340 e. The van der Waals surface area contributed by atoms with E-state index in [1.54, 1.807) is 0 Å². The minimum Gasteiger partial charge on any atom is -0.462 e. The van der Waals surface area contributed by atoms with E-state index >= 15 is 0 Å². The number of carbonyl (C=O) groups excluding carboxylic acids is 1. The molecule has 0 bridgehead atoms. The molecule has 5 heteroatoms. The first-order chi connectivity index (χ1) is 13.6. The molecule has 146 valence electrons. The van der Waals surface area contributed by atoms with Crippen LogP contribution in [0.5, 0.6) is 0 Å². The van der Waals surface area contributed by atoms with E-state index in [2.05, 4.69) is 29.9 Å². The Labute approximate surface area is 165 Å². The predicted octanol–water partition coefficient (Wildman–Crippen LogP) is 2.98. The molecular formula is C23H28N3O2+. The van der Waals surface area contributed by atoms with Gasteiger partial charge in [-0.15, -0.1) is 0 Å². The molecule has 0 aliphatic carbocycles. The highest BCUT2D eigenvalue weighted by atomic mass is 16.5. The highest BCUT2D eigenvalue weighted by molar-refractivity contribution is 5.98. The Kier molecular flexibility index (Phi) is 5.18. The zero-order chi connectivity index (χ0) is 19.7. The third-order valence-corrected chi connectivity index (χ3v) is 5.93. The van der Waals surface area contributed by atoms with Gasteiger partial charge in [-0.1, -0.05) is 18.2 Å². The Balaban J connectivity index is 1.76. The fraction of sp³-hybridized carbons (Fsp3) is 0.391. The number of carbonyl (C=O) groups is 1. The van der Waals surface area contributed by atoms with E-state index in [1.165, 1.54) is 17.0 Å². The van der Waals surface area contributed by atoms with Crippen LogP contribution >= 0.6 is 0 Å². The van der Waals surface area contributed by atoms with E-state index in [1.807, 2.05) is 38.1 Å². The number of nitrogens with one attached hydrogen (secondary N) is 1. The first-order valence-corrected chi connectivity index (χ1v) is 10.1. The summed E-state index contributed by atoms with van der Waals surface area (Å²) in [4.78, 5) is 19.2. The van der Waals surface area contributed by atoms with E-state index in [0.717, 1.165) is 41.7 Å². The first kappa shape index (κ1) is 18.7. The molecule has 0 spiro atoms. The van der Waals surface area contributed by atoms with Crippen LogP contribution in [-0.2, 0) is 18.3 Å². The highest BCUT2D eigenvalue weighted by Gasteiger charge is 2.33. The molecule has 1 aromatic carbocycles. The van der Waals surface area contributed by atoms with Crippen LogP contribution in [-0.4, -0.2) is 28.7 Å². The number of pyridine rings is 1. The number of ether oxygens (including phenoxy) is 1. The molecule has 1 fully saturated rings. The van der Waals surface area contributed by atoms with Gasteiger partial charge in [0.25, 0.3) is 0 Å². The van der Waals surface area contributed by atoms with Gasteiger partial charge in [0, 0.05) is 31.5 Å². The number of likely N-dealkylation sites (tertiary alicyclic amines) is 1. The van der Waals surface area contributed by atoms with Crippen molar-refractivity contribution in [3.63, 3.8) is 0 Å². The van der Waals surface area contributed by atoms with Crippen molar-refractivity contribution in [2.24, 2.45) is 7.05 Å². The summed E-state index contributed by atoms with van der Waals surface area (Å²) in [5, 5.41) is 1.02. The van der Waals surface area contributed by atoms with Crippen molar-refractivity contribution in [2.45, 2.75) is 39.3 Å². The topological polar surface area (TPSA) is 48.6 Å². The Bertz CT molecular complexity index is 1010. The van der Waals surface area contributed by atoms with Crippen LogP contribution in [0.25, 0.3) is 10.9 Å². The third-order valence-electron chi connectivity index (χ3n) is 5.93. The number of quaternary nitrogens is 1. The van der Waals surface area contributed by atoms with Gasteiger partial charge in [-0.3, -0.25) is 0 Å². The fourth-order valence-corrected chi connectivity index (χ4v) is 4.57. The van der Waals surface area contributed by atoms with Crippen molar-refractivity contribution < 1.29 is 14.4 Å². The number of rotatable bonds is 5. The number of benzene rings is 1. The molecule has 1 N–H and O–H groups in total. The Morgan fingerprint density at radius 1 is 1.29 bits per heavy atom. The summed E-state index contributed by atoms with van der Waals surface area (Å²) in [5.74, 6) is -0.262. The summed E-state index contributed by atoms with van der Waals surface area (Å²) in [5.41, 5.74) is 4.75.